The van der Waals surface area contributed by atoms with Crippen LogP contribution in [0.4, 0.5) is 14.5 Å². The second-order valence-corrected chi connectivity index (χ2v) is 6.64. The second-order valence-electron chi connectivity index (χ2n) is 5.27. The van der Waals surface area contributed by atoms with Gasteiger partial charge in [0.05, 0.1) is 11.3 Å². The van der Waals surface area contributed by atoms with E-state index >= 15 is 0 Å². The molecule has 3 rings (SSSR count). The fourth-order valence-corrected chi connectivity index (χ4v) is 3.67. The van der Waals surface area contributed by atoms with E-state index in [1.54, 1.807) is 0 Å². The van der Waals surface area contributed by atoms with Gasteiger partial charge in [-0.05, 0) is 42.3 Å². The van der Waals surface area contributed by atoms with Crippen LogP contribution >= 0.6 is 0 Å². The summed E-state index contributed by atoms with van der Waals surface area (Å²) >= 11 is 0. The lowest BCUT2D eigenvalue weighted by Gasteiger charge is -2.24. The zero-order chi connectivity index (χ0) is 17.4. The Bertz CT molecular complexity index is 884. The molecule has 0 aliphatic carbocycles. The molecule has 0 fully saturated rings. The Kier molecular flexibility index (Phi) is 4.15. The van der Waals surface area contributed by atoms with Gasteiger partial charge < -0.3 is 9.83 Å². The summed E-state index contributed by atoms with van der Waals surface area (Å²) in [5.74, 6) is -3.75. The van der Waals surface area contributed by atoms with Crippen LogP contribution in [0.5, 0.6) is 0 Å². The predicted molar refractivity (Wildman–Crippen MR) is 83.3 cm³/mol. The third kappa shape index (κ3) is 2.92. The Labute approximate surface area is 137 Å². The molecule has 2 unspecified atom stereocenters. The van der Waals surface area contributed by atoms with E-state index in [2.05, 4.69) is 4.72 Å². The largest absolute Gasteiger partial charge is 0.478 e. The van der Waals surface area contributed by atoms with Gasteiger partial charge in [-0.3, -0.25) is 4.79 Å². The molecule has 0 spiro atoms. The number of carbonyl (C=O) groups is 2. The Morgan fingerprint density at radius 2 is 1.92 bits per heavy atom. The molecule has 2 N–H and O–H groups in total. The molecule has 0 amide bonds. The lowest BCUT2D eigenvalue weighted by atomic mass is 9.99. The summed E-state index contributed by atoms with van der Waals surface area (Å²) in [6, 6.07) is 7.08. The van der Waals surface area contributed by atoms with Crippen LogP contribution < -0.4 is 4.72 Å². The minimum absolute atomic E-state index is 0.0631. The third-order valence-corrected chi connectivity index (χ3v) is 5.02. The highest BCUT2D eigenvalue weighted by atomic mass is 32.2. The summed E-state index contributed by atoms with van der Waals surface area (Å²) in [4.78, 5) is 23.6. The zero-order valence-electron chi connectivity index (χ0n) is 12.1. The van der Waals surface area contributed by atoms with Crippen molar-refractivity contribution in [3.05, 3.63) is 64.7 Å². The summed E-state index contributed by atoms with van der Waals surface area (Å²) < 4.78 is 41.2. The van der Waals surface area contributed by atoms with Crippen molar-refractivity contribution < 1.29 is 27.7 Å². The molecule has 0 saturated heterocycles. The van der Waals surface area contributed by atoms with Gasteiger partial charge in [-0.25, -0.2) is 17.8 Å². The van der Waals surface area contributed by atoms with E-state index in [1.165, 1.54) is 24.3 Å². The van der Waals surface area contributed by atoms with Crippen molar-refractivity contribution in [2.45, 2.75) is 11.7 Å². The molecule has 1 heterocycles. The molecular formula is C16H11F2NO4S. The van der Waals surface area contributed by atoms with Crippen LogP contribution in [0.2, 0.25) is 0 Å². The van der Waals surface area contributed by atoms with Crippen LogP contribution in [0.15, 0.2) is 36.4 Å². The van der Waals surface area contributed by atoms with Crippen LogP contribution in [0.1, 0.15) is 26.3 Å². The second kappa shape index (κ2) is 6.12. The van der Waals surface area contributed by atoms with Gasteiger partial charge in [0.15, 0.2) is 17.4 Å². The van der Waals surface area contributed by atoms with Crippen molar-refractivity contribution in [1.82, 2.24) is 0 Å². The number of nitrogens with one attached hydrogen (secondary N) is 1. The number of ketones is 1. The molecule has 2 aromatic rings. The summed E-state index contributed by atoms with van der Waals surface area (Å²) in [5.41, 5.74) is 0.648. The first-order chi connectivity index (χ1) is 11.4. The molecule has 1 aliphatic heterocycles. The molecule has 5 nitrogen and oxygen atoms in total. The van der Waals surface area contributed by atoms with E-state index in [1.807, 2.05) is 0 Å². The van der Waals surface area contributed by atoms with Crippen LogP contribution in [0.25, 0.3) is 0 Å². The van der Waals surface area contributed by atoms with Gasteiger partial charge in [0.1, 0.15) is 16.2 Å². The zero-order valence-corrected chi connectivity index (χ0v) is 12.9. The monoisotopic (exact) mass is 351 g/mol. The van der Waals surface area contributed by atoms with Crippen molar-refractivity contribution >= 4 is 28.4 Å². The van der Waals surface area contributed by atoms with Crippen molar-refractivity contribution in [1.29, 1.82) is 0 Å². The number of hydrogen-bond donors (Lipinski definition) is 2. The molecule has 0 saturated carbocycles. The average Bonchev–Trinajstić information content (AvgIpc) is 2.54. The number of benzene rings is 2. The first-order valence-electron chi connectivity index (χ1n) is 6.89. The number of carboxylic acid groups (broad SMARTS) is 1. The van der Waals surface area contributed by atoms with Crippen molar-refractivity contribution in [2.24, 2.45) is 0 Å². The minimum atomic E-state index is -1.76. The van der Waals surface area contributed by atoms with E-state index in [0.717, 1.165) is 12.1 Å². The lowest BCUT2D eigenvalue weighted by Crippen LogP contribution is -2.37. The maximum absolute atomic E-state index is 13.3. The van der Waals surface area contributed by atoms with Gasteiger partial charge in [0.25, 0.3) is 0 Å². The lowest BCUT2D eigenvalue weighted by molar-refractivity contribution is 0.0697. The van der Waals surface area contributed by atoms with Gasteiger partial charge in [-0.1, -0.05) is 6.07 Å². The van der Waals surface area contributed by atoms with Crippen LogP contribution in [0, 0.1) is 11.6 Å². The molecular weight excluding hydrogens is 340 g/mol. The van der Waals surface area contributed by atoms with Crippen LogP contribution in [0.3, 0.4) is 0 Å². The van der Waals surface area contributed by atoms with Gasteiger partial charge in [-0.2, -0.15) is 0 Å². The van der Waals surface area contributed by atoms with Crippen molar-refractivity contribution in [2.75, 3.05) is 4.72 Å². The summed E-state index contributed by atoms with van der Waals surface area (Å²) in [6.07, 6.45) is -0.0631. The summed E-state index contributed by atoms with van der Waals surface area (Å²) in [7, 11) is -1.76. The molecule has 0 bridgehead atoms. The molecule has 2 atom stereocenters. The topological polar surface area (TPSA) is 83.5 Å². The number of anilines is 1. The Hall–Kier alpha value is -2.61. The number of hydrogen-bond acceptors (Lipinski definition) is 3. The maximum atomic E-state index is 13.3. The Morgan fingerprint density at radius 3 is 2.58 bits per heavy atom. The fraction of sp³-hybridized carbons (Fsp3) is 0.125. The minimum Gasteiger partial charge on any atom is -0.478 e. The number of Topliss-reactive ketones (excluding diaryl/α,β-unsaturated/α-hetero) is 1. The average molecular weight is 351 g/mol. The van der Waals surface area contributed by atoms with Gasteiger partial charge in [0, 0.05) is 5.56 Å². The van der Waals surface area contributed by atoms with Gasteiger partial charge >= 0.3 is 5.97 Å². The molecule has 2 aromatic carbocycles. The normalized spacial score (nSPS) is 19.5. The number of halogens is 2. The summed E-state index contributed by atoms with van der Waals surface area (Å²) in [5, 5.41) is 7.99. The van der Waals surface area contributed by atoms with E-state index < -0.39 is 39.6 Å². The highest BCUT2D eigenvalue weighted by molar-refractivity contribution is 7.88. The van der Waals surface area contributed by atoms with Crippen LogP contribution in [-0.4, -0.2) is 26.3 Å². The first kappa shape index (κ1) is 16.3. The molecule has 1 aliphatic rings. The van der Waals surface area contributed by atoms with E-state index in [4.69, 9.17) is 5.11 Å². The maximum Gasteiger partial charge on any atom is 0.335 e. The molecule has 124 valence electrons. The smallest absolute Gasteiger partial charge is 0.335 e. The highest BCUT2D eigenvalue weighted by Crippen LogP contribution is 2.28. The van der Waals surface area contributed by atoms with E-state index in [-0.39, 0.29) is 23.2 Å². The Morgan fingerprint density at radius 1 is 1.17 bits per heavy atom. The van der Waals surface area contributed by atoms with Crippen molar-refractivity contribution in [3.8, 4) is 0 Å². The quantitative estimate of drug-likeness (QED) is 0.890. The number of rotatable bonds is 3. The fourth-order valence-electron chi connectivity index (χ4n) is 2.47. The van der Waals surface area contributed by atoms with Gasteiger partial charge in [-0.15, -0.1) is 0 Å². The molecule has 8 heteroatoms. The standard InChI is InChI=1S/C16H11F2NO4S/c17-11-3-1-8(5-12(11)18)6-14-15(20)10-7-9(16(21)22)2-4-13(10)19-24(14)23/h1-5,7,14,19H,6H2,(H,21,22). The van der Waals surface area contributed by atoms with E-state index in [0.29, 0.717) is 5.56 Å². The van der Waals surface area contributed by atoms with Crippen LogP contribution in [-0.2, 0) is 17.4 Å². The predicted octanol–water partition coefficient (Wildman–Crippen LogP) is 2.55. The molecule has 0 radical (unpaired) electrons. The number of aromatic carboxylic acids is 1. The van der Waals surface area contributed by atoms with Crippen molar-refractivity contribution in [3.63, 3.8) is 0 Å². The third-order valence-electron chi connectivity index (χ3n) is 3.70. The van der Waals surface area contributed by atoms with Gasteiger partial charge in [0.2, 0.25) is 0 Å². The number of carbonyl (C=O) groups excluding carboxylic acids is 1. The number of carboxylic acids is 1. The number of fused-ring (bicyclic) bond motifs is 1. The molecule has 0 aromatic heterocycles. The Balaban J connectivity index is 1.94. The van der Waals surface area contributed by atoms with E-state index in [9.17, 15) is 22.6 Å². The first-order valence-corrected chi connectivity index (χ1v) is 8.11. The SMILES string of the molecule is O=C(O)c1ccc2c(c1)C(=O)C(Cc1ccc(F)c(F)c1)S(=O)N2. The highest BCUT2D eigenvalue weighted by Gasteiger charge is 2.34. The summed E-state index contributed by atoms with van der Waals surface area (Å²) in [6.45, 7) is 0. The molecule has 24 heavy (non-hydrogen) atoms.